The normalized spacial score (nSPS) is 11.5. The fourth-order valence-electron chi connectivity index (χ4n) is 2.97. The first-order valence-corrected chi connectivity index (χ1v) is 10.8. The summed E-state index contributed by atoms with van der Waals surface area (Å²) in [6.07, 6.45) is 1.51. The fraction of sp³-hybridized carbons (Fsp3) is 0. The Morgan fingerprint density at radius 3 is 2.84 bits per heavy atom. The number of rotatable bonds is 4. The number of benzene rings is 2. The molecule has 0 unspecified atom stereocenters. The molecular formula is C22H12FN3O3S2. The van der Waals surface area contributed by atoms with Crippen molar-refractivity contribution in [3.05, 3.63) is 92.7 Å². The summed E-state index contributed by atoms with van der Waals surface area (Å²) in [7, 11) is 0. The van der Waals surface area contributed by atoms with Crippen LogP contribution in [-0.2, 0) is 0 Å². The number of anilines is 1. The van der Waals surface area contributed by atoms with E-state index >= 15 is 0 Å². The van der Waals surface area contributed by atoms with E-state index in [0.29, 0.717) is 21.2 Å². The van der Waals surface area contributed by atoms with E-state index in [0.717, 1.165) is 21.2 Å². The summed E-state index contributed by atoms with van der Waals surface area (Å²) in [5, 5.41) is 8.04. The van der Waals surface area contributed by atoms with Gasteiger partial charge in [0, 0.05) is 10.3 Å². The van der Waals surface area contributed by atoms with Gasteiger partial charge in [-0.15, -0.1) is 11.3 Å². The van der Waals surface area contributed by atoms with Crippen molar-refractivity contribution in [2.24, 2.45) is 5.10 Å². The molecular weight excluding hydrogens is 437 g/mol. The summed E-state index contributed by atoms with van der Waals surface area (Å²) in [5.41, 5.74) is -0.0381. The molecule has 3 heterocycles. The molecule has 5 rings (SSSR count). The van der Waals surface area contributed by atoms with E-state index in [9.17, 15) is 14.0 Å². The van der Waals surface area contributed by atoms with E-state index < -0.39 is 17.3 Å². The van der Waals surface area contributed by atoms with Crippen molar-refractivity contribution in [3.8, 4) is 0 Å². The Morgan fingerprint density at radius 1 is 1.13 bits per heavy atom. The standard InChI is InChI=1S/C22H12FN3O3S2/c23-14-7-8-17-19(11-14)31-22(25-17)26(24-12-15-5-3-9-30-15)20(27)16-10-13-4-1-2-6-18(13)29-21(16)28/h1-12H/b24-12+. The minimum Gasteiger partial charge on any atom is -0.422 e. The molecule has 2 aromatic carbocycles. The zero-order valence-electron chi connectivity index (χ0n) is 15.7. The van der Waals surface area contributed by atoms with Gasteiger partial charge in [-0.25, -0.2) is 14.2 Å². The van der Waals surface area contributed by atoms with E-state index in [4.69, 9.17) is 4.42 Å². The van der Waals surface area contributed by atoms with E-state index in [1.54, 1.807) is 24.3 Å². The van der Waals surface area contributed by atoms with Gasteiger partial charge in [0.2, 0.25) is 5.13 Å². The second kappa shape index (κ2) is 7.86. The molecule has 9 heteroatoms. The predicted molar refractivity (Wildman–Crippen MR) is 121 cm³/mol. The maximum atomic E-state index is 13.6. The molecule has 0 saturated carbocycles. The molecule has 0 saturated heterocycles. The first-order chi connectivity index (χ1) is 15.1. The summed E-state index contributed by atoms with van der Waals surface area (Å²) < 4.78 is 19.5. The molecule has 0 N–H and O–H groups in total. The molecule has 0 bridgehead atoms. The van der Waals surface area contributed by atoms with Gasteiger partial charge in [-0.1, -0.05) is 35.6 Å². The third-order valence-corrected chi connectivity index (χ3v) is 6.23. The third kappa shape index (κ3) is 3.76. The second-order valence-electron chi connectivity index (χ2n) is 6.47. The van der Waals surface area contributed by atoms with Crippen LogP contribution in [0.15, 0.2) is 80.4 Å². The van der Waals surface area contributed by atoms with Crippen LogP contribution in [0.2, 0.25) is 0 Å². The van der Waals surface area contributed by atoms with Gasteiger partial charge in [-0.05, 0) is 41.8 Å². The number of aromatic nitrogens is 1. The van der Waals surface area contributed by atoms with Crippen molar-refractivity contribution >= 4 is 61.1 Å². The number of para-hydroxylation sites is 1. The van der Waals surface area contributed by atoms with Crippen LogP contribution in [0, 0.1) is 5.82 Å². The Hall–Kier alpha value is -3.69. The van der Waals surface area contributed by atoms with Crippen LogP contribution in [0.3, 0.4) is 0 Å². The lowest BCUT2D eigenvalue weighted by atomic mass is 10.2. The number of hydrogen-bond donors (Lipinski definition) is 0. The van der Waals surface area contributed by atoms with E-state index in [2.05, 4.69) is 10.1 Å². The van der Waals surface area contributed by atoms with Crippen LogP contribution in [0.1, 0.15) is 15.2 Å². The summed E-state index contributed by atoms with van der Waals surface area (Å²) in [6.45, 7) is 0. The number of hydrazone groups is 1. The highest BCUT2D eigenvalue weighted by atomic mass is 32.1. The smallest absolute Gasteiger partial charge is 0.349 e. The molecule has 0 aliphatic heterocycles. The molecule has 5 aromatic rings. The van der Waals surface area contributed by atoms with Crippen LogP contribution < -0.4 is 10.6 Å². The van der Waals surface area contributed by atoms with Gasteiger partial charge in [-0.2, -0.15) is 10.1 Å². The van der Waals surface area contributed by atoms with E-state index in [1.165, 1.54) is 41.8 Å². The van der Waals surface area contributed by atoms with Crippen LogP contribution >= 0.6 is 22.7 Å². The Kier molecular flexibility index (Phi) is 4.89. The molecule has 0 fully saturated rings. The van der Waals surface area contributed by atoms with Crippen LogP contribution in [0.4, 0.5) is 9.52 Å². The summed E-state index contributed by atoms with van der Waals surface area (Å²) in [6, 6.07) is 16.3. The van der Waals surface area contributed by atoms with Gasteiger partial charge in [0.1, 0.15) is 17.0 Å². The minimum atomic E-state index is -0.771. The number of hydrogen-bond acceptors (Lipinski definition) is 7. The first kappa shape index (κ1) is 19.3. The average Bonchev–Trinajstić information content (AvgIpc) is 3.42. The maximum Gasteiger partial charge on any atom is 0.349 e. The van der Waals surface area contributed by atoms with Crippen molar-refractivity contribution in [2.75, 3.05) is 5.01 Å². The Bertz CT molecular complexity index is 1510. The van der Waals surface area contributed by atoms with Gasteiger partial charge >= 0.3 is 5.63 Å². The van der Waals surface area contributed by atoms with Crippen molar-refractivity contribution in [1.29, 1.82) is 0 Å². The molecule has 0 spiro atoms. The first-order valence-electron chi connectivity index (χ1n) is 9.09. The predicted octanol–water partition coefficient (Wildman–Crippen LogP) is 5.28. The topological polar surface area (TPSA) is 75.8 Å². The molecule has 0 radical (unpaired) electrons. The van der Waals surface area contributed by atoms with Crippen molar-refractivity contribution in [2.45, 2.75) is 0 Å². The zero-order valence-corrected chi connectivity index (χ0v) is 17.3. The van der Waals surface area contributed by atoms with Crippen molar-refractivity contribution in [1.82, 2.24) is 4.98 Å². The summed E-state index contributed by atoms with van der Waals surface area (Å²) in [4.78, 5) is 31.1. The van der Waals surface area contributed by atoms with Crippen LogP contribution in [0.5, 0.6) is 0 Å². The number of carbonyl (C=O) groups excluding carboxylic acids is 1. The third-order valence-electron chi connectivity index (χ3n) is 4.43. The number of nitrogens with zero attached hydrogens (tertiary/aromatic N) is 3. The van der Waals surface area contributed by atoms with E-state index in [-0.39, 0.29) is 10.7 Å². The fourth-order valence-corrected chi connectivity index (χ4v) is 4.50. The summed E-state index contributed by atoms with van der Waals surface area (Å²) in [5.74, 6) is -1.09. The van der Waals surface area contributed by atoms with Crippen molar-refractivity contribution in [3.63, 3.8) is 0 Å². The van der Waals surface area contributed by atoms with Gasteiger partial charge in [-0.3, -0.25) is 4.79 Å². The monoisotopic (exact) mass is 449 g/mol. The molecule has 6 nitrogen and oxygen atoms in total. The number of carbonyl (C=O) groups is 1. The zero-order chi connectivity index (χ0) is 21.4. The molecule has 0 atom stereocenters. The lowest BCUT2D eigenvalue weighted by Gasteiger charge is -2.13. The lowest BCUT2D eigenvalue weighted by molar-refractivity contribution is 0.0984. The molecule has 152 valence electrons. The average molecular weight is 449 g/mol. The minimum absolute atomic E-state index is 0.174. The second-order valence-corrected chi connectivity index (χ2v) is 8.46. The highest BCUT2D eigenvalue weighted by molar-refractivity contribution is 7.22. The molecule has 3 aromatic heterocycles. The Morgan fingerprint density at radius 2 is 2.00 bits per heavy atom. The van der Waals surface area contributed by atoms with Gasteiger partial charge < -0.3 is 4.42 Å². The number of halogens is 1. The number of thiophene rings is 1. The van der Waals surface area contributed by atoms with Gasteiger partial charge in [0.05, 0.1) is 16.4 Å². The molecule has 0 aliphatic rings. The maximum absolute atomic E-state index is 13.6. The van der Waals surface area contributed by atoms with Crippen LogP contribution in [0.25, 0.3) is 21.2 Å². The SMILES string of the molecule is O=C(c1cc2ccccc2oc1=O)N(/N=C/c1cccs1)c1nc2ccc(F)cc2s1. The highest BCUT2D eigenvalue weighted by Crippen LogP contribution is 2.30. The van der Waals surface area contributed by atoms with E-state index in [1.807, 2.05) is 17.5 Å². The number of thiazole rings is 1. The largest absolute Gasteiger partial charge is 0.422 e. The summed E-state index contributed by atoms with van der Waals surface area (Å²) >= 11 is 2.55. The van der Waals surface area contributed by atoms with Crippen LogP contribution in [-0.4, -0.2) is 17.1 Å². The van der Waals surface area contributed by atoms with Gasteiger partial charge in [0.15, 0.2) is 0 Å². The highest BCUT2D eigenvalue weighted by Gasteiger charge is 2.25. The molecule has 1 amide bonds. The Labute approximate surface area is 182 Å². The lowest BCUT2D eigenvalue weighted by Crippen LogP contribution is -2.30. The number of fused-ring (bicyclic) bond motifs is 2. The molecule has 31 heavy (non-hydrogen) atoms. The number of amides is 1. The Balaban J connectivity index is 1.63. The quantitative estimate of drug-likeness (QED) is 0.212. The van der Waals surface area contributed by atoms with Crippen molar-refractivity contribution < 1.29 is 13.6 Å². The van der Waals surface area contributed by atoms with Gasteiger partial charge in [0.25, 0.3) is 5.91 Å². The molecule has 0 aliphatic carbocycles.